The molecule has 0 saturated carbocycles. The van der Waals surface area contributed by atoms with Gasteiger partial charge in [-0.3, -0.25) is 0 Å². The fourth-order valence-corrected chi connectivity index (χ4v) is 2.22. The molecule has 122 valence electrons. The summed E-state index contributed by atoms with van der Waals surface area (Å²) in [7, 11) is 1.64. The Hall–Kier alpha value is -2.90. The molecule has 0 radical (unpaired) electrons. The summed E-state index contributed by atoms with van der Waals surface area (Å²) in [5, 5.41) is 0. The lowest BCUT2D eigenvalue weighted by molar-refractivity contribution is 0.174. The molecule has 0 atom stereocenters. The van der Waals surface area contributed by atoms with E-state index in [9.17, 15) is 0 Å². The van der Waals surface area contributed by atoms with Crippen molar-refractivity contribution in [2.45, 2.75) is 0 Å². The minimum absolute atomic E-state index is 0.289. The van der Waals surface area contributed by atoms with Crippen LogP contribution in [0.3, 0.4) is 0 Å². The lowest BCUT2D eigenvalue weighted by atomic mass is 10.2. The summed E-state index contributed by atoms with van der Waals surface area (Å²) in [5.41, 5.74) is 1.96. The predicted molar refractivity (Wildman–Crippen MR) is 92.3 cm³/mol. The molecule has 0 bridgehead atoms. The summed E-state index contributed by atoms with van der Waals surface area (Å²) in [6.45, 7) is 1.17. The zero-order valence-electron chi connectivity index (χ0n) is 13.5. The van der Waals surface area contributed by atoms with E-state index in [1.807, 2.05) is 54.6 Å². The van der Waals surface area contributed by atoms with Gasteiger partial charge in [-0.05, 0) is 35.9 Å². The zero-order valence-corrected chi connectivity index (χ0v) is 13.5. The molecule has 2 aromatic carbocycles. The second-order valence-corrected chi connectivity index (χ2v) is 5.06. The summed E-state index contributed by atoms with van der Waals surface area (Å²) in [6.07, 6.45) is 3.93. The van der Waals surface area contributed by atoms with Crippen LogP contribution < -0.4 is 14.2 Å². The fraction of sp³-hybridized carbons (Fsp3) is 0.200. The van der Waals surface area contributed by atoms with E-state index in [0.29, 0.717) is 13.2 Å². The van der Waals surface area contributed by atoms with Gasteiger partial charge in [0.15, 0.2) is 11.5 Å². The zero-order chi connectivity index (χ0) is 16.6. The molecular weight excluding hydrogens is 304 g/mol. The summed E-state index contributed by atoms with van der Waals surface area (Å²) in [6, 6.07) is 13.5. The first-order valence-corrected chi connectivity index (χ1v) is 7.62. The highest BCUT2D eigenvalue weighted by molar-refractivity contribution is 5.56. The highest BCUT2D eigenvalue weighted by Gasteiger charge is 2.11. The van der Waals surface area contributed by atoms with Crippen LogP contribution in [-0.2, 0) is 4.74 Å². The maximum atomic E-state index is 5.48. The molecule has 0 unspecified atom stereocenters. The van der Waals surface area contributed by atoms with Crippen LogP contribution in [0.1, 0.15) is 11.1 Å². The Morgan fingerprint density at radius 3 is 2.96 bits per heavy atom. The first kappa shape index (κ1) is 16.0. The molecule has 0 aliphatic carbocycles. The van der Waals surface area contributed by atoms with Gasteiger partial charge in [-0.2, -0.15) is 0 Å². The standard InChI is InChI=1S/C20H18O4/c1-21-18-8-2-5-16(13-18)6-3-11-22-12-4-7-17-9-10-19-20(14-17)24-15-23-19/h2,4-5,7-10,13-14H,11-12,15H2,1H3/b7-4+. The number of hydrogen-bond acceptors (Lipinski definition) is 4. The van der Waals surface area contributed by atoms with Crippen molar-refractivity contribution in [1.29, 1.82) is 0 Å². The topological polar surface area (TPSA) is 36.9 Å². The quantitative estimate of drug-likeness (QED) is 0.623. The Morgan fingerprint density at radius 1 is 1.12 bits per heavy atom. The van der Waals surface area contributed by atoms with Crippen LogP contribution in [0.5, 0.6) is 17.2 Å². The van der Waals surface area contributed by atoms with Gasteiger partial charge in [0, 0.05) is 5.56 Å². The molecule has 0 amide bonds. The third kappa shape index (κ3) is 4.31. The van der Waals surface area contributed by atoms with Gasteiger partial charge in [-0.25, -0.2) is 0 Å². The van der Waals surface area contributed by atoms with Crippen molar-refractivity contribution >= 4 is 6.08 Å². The monoisotopic (exact) mass is 322 g/mol. The SMILES string of the molecule is COc1cccc(C#CCOC/C=C/c2ccc3c(c2)OCO3)c1. The van der Waals surface area contributed by atoms with Gasteiger partial charge in [-0.1, -0.05) is 36.1 Å². The number of rotatable bonds is 5. The van der Waals surface area contributed by atoms with E-state index in [-0.39, 0.29) is 6.79 Å². The van der Waals surface area contributed by atoms with Crippen LogP contribution in [0.4, 0.5) is 0 Å². The van der Waals surface area contributed by atoms with Gasteiger partial charge in [0.25, 0.3) is 0 Å². The van der Waals surface area contributed by atoms with Crippen molar-refractivity contribution in [3.8, 4) is 29.1 Å². The molecule has 0 fully saturated rings. The summed E-state index contributed by atoms with van der Waals surface area (Å²) in [5.74, 6) is 8.40. The molecular formula is C20H18O4. The van der Waals surface area contributed by atoms with Gasteiger partial charge in [-0.15, -0.1) is 0 Å². The molecule has 0 spiro atoms. The van der Waals surface area contributed by atoms with Crippen LogP contribution >= 0.6 is 0 Å². The van der Waals surface area contributed by atoms with E-state index in [1.54, 1.807) is 7.11 Å². The lowest BCUT2D eigenvalue weighted by Gasteiger charge is -1.98. The Labute approximate surface area is 141 Å². The molecule has 2 aromatic rings. The minimum Gasteiger partial charge on any atom is -0.497 e. The Bertz CT molecular complexity index is 784. The van der Waals surface area contributed by atoms with E-state index in [2.05, 4.69) is 11.8 Å². The Kier molecular flexibility index (Phi) is 5.39. The van der Waals surface area contributed by atoms with Gasteiger partial charge in [0.05, 0.1) is 13.7 Å². The molecule has 0 aromatic heterocycles. The van der Waals surface area contributed by atoms with E-state index in [1.165, 1.54) is 0 Å². The van der Waals surface area contributed by atoms with E-state index in [0.717, 1.165) is 28.4 Å². The normalized spacial score (nSPS) is 12.0. The van der Waals surface area contributed by atoms with E-state index >= 15 is 0 Å². The fourth-order valence-electron chi connectivity index (χ4n) is 2.22. The van der Waals surface area contributed by atoms with Crippen molar-refractivity contribution in [3.63, 3.8) is 0 Å². The summed E-state index contributed by atoms with van der Waals surface area (Å²) >= 11 is 0. The molecule has 1 aliphatic rings. The Morgan fingerprint density at radius 2 is 2.04 bits per heavy atom. The number of benzene rings is 2. The van der Waals surface area contributed by atoms with Gasteiger partial charge in [0.2, 0.25) is 6.79 Å². The lowest BCUT2D eigenvalue weighted by Crippen LogP contribution is -1.92. The number of methoxy groups -OCH3 is 1. The largest absolute Gasteiger partial charge is 0.497 e. The highest BCUT2D eigenvalue weighted by Crippen LogP contribution is 2.32. The number of fused-ring (bicyclic) bond motifs is 1. The highest BCUT2D eigenvalue weighted by atomic mass is 16.7. The van der Waals surface area contributed by atoms with Crippen LogP contribution in [0.25, 0.3) is 6.08 Å². The number of hydrogen-bond donors (Lipinski definition) is 0. The molecule has 0 N–H and O–H groups in total. The molecule has 1 aliphatic heterocycles. The maximum absolute atomic E-state index is 5.48. The first-order valence-electron chi connectivity index (χ1n) is 7.62. The molecule has 0 saturated heterocycles. The molecule has 4 nitrogen and oxygen atoms in total. The van der Waals surface area contributed by atoms with Crippen LogP contribution in [0.15, 0.2) is 48.5 Å². The minimum atomic E-state index is 0.289. The third-order valence-corrected chi connectivity index (χ3v) is 3.40. The molecule has 3 rings (SSSR count). The average Bonchev–Trinajstić information content (AvgIpc) is 3.09. The smallest absolute Gasteiger partial charge is 0.231 e. The van der Waals surface area contributed by atoms with Crippen LogP contribution in [0, 0.1) is 11.8 Å². The van der Waals surface area contributed by atoms with Crippen molar-refractivity contribution in [1.82, 2.24) is 0 Å². The second kappa shape index (κ2) is 8.09. The Balaban J connectivity index is 1.43. The van der Waals surface area contributed by atoms with Crippen molar-refractivity contribution in [2.75, 3.05) is 27.1 Å². The molecule has 4 heteroatoms. The van der Waals surface area contributed by atoms with Gasteiger partial charge in [0.1, 0.15) is 12.4 Å². The van der Waals surface area contributed by atoms with Crippen LogP contribution in [0.2, 0.25) is 0 Å². The van der Waals surface area contributed by atoms with E-state index in [4.69, 9.17) is 18.9 Å². The second-order valence-electron chi connectivity index (χ2n) is 5.06. The summed E-state index contributed by atoms with van der Waals surface area (Å²) < 4.78 is 21.3. The molecule has 1 heterocycles. The maximum Gasteiger partial charge on any atom is 0.231 e. The van der Waals surface area contributed by atoms with E-state index < -0.39 is 0 Å². The number of ether oxygens (including phenoxy) is 4. The van der Waals surface area contributed by atoms with Crippen molar-refractivity contribution in [3.05, 3.63) is 59.7 Å². The average molecular weight is 322 g/mol. The first-order chi connectivity index (χ1) is 11.8. The van der Waals surface area contributed by atoms with Gasteiger partial charge >= 0.3 is 0 Å². The van der Waals surface area contributed by atoms with Gasteiger partial charge < -0.3 is 18.9 Å². The summed E-state index contributed by atoms with van der Waals surface area (Å²) in [4.78, 5) is 0. The van der Waals surface area contributed by atoms with Crippen LogP contribution in [-0.4, -0.2) is 27.1 Å². The predicted octanol–water partition coefficient (Wildman–Crippen LogP) is 3.51. The third-order valence-electron chi connectivity index (χ3n) is 3.40. The molecule has 24 heavy (non-hydrogen) atoms. The van der Waals surface area contributed by atoms with Crippen molar-refractivity contribution in [2.24, 2.45) is 0 Å². The van der Waals surface area contributed by atoms with Crippen molar-refractivity contribution < 1.29 is 18.9 Å².